The van der Waals surface area contributed by atoms with E-state index in [0.29, 0.717) is 18.1 Å². The Labute approximate surface area is 107 Å². The Morgan fingerprint density at radius 2 is 2.39 bits per heavy atom. The average Bonchev–Trinajstić information content (AvgIpc) is 2.86. The Morgan fingerprint density at radius 1 is 1.50 bits per heavy atom. The van der Waals surface area contributed by atoms with Gasteiger partial charge in [-0.2, -0.15) is 0 Å². The summed E-state index contributed by atoms with van der Waals surface area (Å²) in [6, 6.07) is 4.82. The summed E-state index contributed by atoms with van der Waals surface area (Å²) in [5.41, 5.74) is 0.614. The van der Waals surface area contributed by atoms with Gasteiger partial charge in [-0.1, -0.05) is 0 Å². The van der Waals surface area contributed by atoms with Gasteiger partial charge in [-0.15, -0.1) is 0 Å². The lowest BCUT2D eigenvalue weighted by atomic mass is 10.1. The highest BCUT2D eigenvalue weighted by Crippen LogP contribution is 2.15. The molecule has 1 unspecified atom stereocenters. The van der Waals surface area contributed by atoms with Crippen molar-refractivity contribution in [3.8, 4) is 5.75 Å². The van der Waals surface area contributed by atoms with E-state index < -0.39 is 0 Å². The molecule has 3 nitrogen and oxygen atoms in total. The molecule has 18 heavy (non-hydrogen) atoms. The van der Waals surface area contributed by atoms with Crippen LogP contribution in [0.4, 0.5) is 4.39 Å². The van der Waals surface area contributed by atoms with Gasteiger partial charge in [-0.25, -0.2) is 4.39 Å². The van der Waals surface area contributed by atoms with Crippen LogP contribution in [0, 0.1) is 18.7 Å². The van der Waals surface area contributed by atoms with Gasteiger partial charge in [0, 0.05) is 19.7 Å². The van der Waals surface area contributed by atoms with Crippen LogP contribution in [0.1, 0.15) is 12.0 Å². The normalized spacial score (nSPS) is 19.1. The van der Waals surface area contributed by atoms with Gasteiger partial charge >= 0.3 is 0 Å². The molecule has 1 aliphatic heterocycles. The van der Waals surface area contributed by atoms with Crippen LogP contribution in [0.3, 0.4) is 0 Å². The SMILES string of the molecule is Cc1cc(OCCNCC2CCOC2)ccc1F. The maximum atomic E-state index is 13.0. The van der Waals surface area contributed by atoms with Crippen molar-refractivity contribution in [1.29, 1.82) is 0 Å². The monoisotopic (exact) mass is 253 g/mol. The van der Waals surface area contributed by atoms with Crippen LogP contribution in [0.15, 0.2) is 18.2 Å². The second kappa shape index (κ2) is 6.71. The molecule has 0 aromatic heterocycles. The number of nitrogens with one attached hydrogen (secondary N) is 1. The van der Waals surface area contributed by atoms with Crippen LogP contribution in [0.2, 0.25) is 0 Å². The zero-order chi connectivity index (χ0) is 12.8. The Hall–Kier alpha value is -1.13. The number of rotatable bonds is 6. The zero-order valence-electron chi connectivity index (χ0n) is 10.7. The van der Waals surface area contributed by atoms with E-state index in [0.717, 1.165) is 38.5 Å². The van der Waals surface area contributed by atoms with Crippen molar-refractivity contribution in [2.45, 2.75) is 13.3 Å². The zero-order valence-corrected chi connectivity index (χ0v) is 10.7. The molecule has 1 aromatic carbocycles. The van der Waals surface area contributed by atoms with Crippen molar-refractivity contribution in [2.24, 2.45) is 5.92 Å². The minimum atomic E-state index is -0.193. The molecule has 1 fully saturated rings. The average molecular weight is 253 g/mol. The molecule has 0 saturated carbocycles. The van der Waals surface area contributed by atoms with Crippen molar-refractivity contribution in [2.75, 3.05) is 32.9 Å². The maximum Gasteiger partial charge on any atom is 0.126 e. The first-order chi connectivity index (χ1) is 8.75. The molecule has 0 aliphatic carbocycles. The number of hydrogen-bond acceptors (Lipinski definition) is 3. The summed E-state index contributed by atoms with van der Waals surface area (Å²) in [5, 5.41) is 3.34. The van der Waals surface area contributed by atoms with E-state index in [4.69, 9.17) is 9.47 Å². The first-order valence-electron chi connectivity index (χ1n) is 6.43. The predicted octanol–water partition coefficient (Wildman–Crippen LogP) is 2.14. The van der Waals surface area contributed by atoms with Crippen LogP contribution < -0.4 is 10.1 Å². The molecule has 0 bridgehead atoms. The Morgan fingerprint density at radius 3 is 3.11 bits per heavy atom. The van der Waals surface area contributed by atoms with Gasteiger partial charge < -0.3 is 14.8 Å². The second-order valence-corrected chi connectivity index (χ2v) is 4.69. The summed E-state index contributed by atoms with van der Waals surface area (Å²) < 4.78 is 23.9. The van der Waals surface area contributed by atoms with Crippen molar-refractivity contribution in [1.82, 2.24) is 5.32 Å². The topological polar surface area (TPSA) is 30.5 Å². The number of benzene rings is 1. The number of halogens is 1. The van der Waals surface area contributed by atoms with Gasteiger partial charge in [0.15, 0.2) is 0 Å². The predicted molar refractivity (Wildman–Crippen MR) is 68.4 cm³/mol. The summed E-state index contributed by atoms with van der Waals surface area (Å²) in [7, 11) is 0. The molecule has 0 radical (unpaired) electrons. The van der Waals surface area contributed by atoms with Crippen LogP contribution >= 0.6 is 0 Å². The minimum absolute atomic E-state index is 0.193. The number of hydrogen-bond donors (Lipinski definition) is 1. The number of aryl methyl sites for hydroxylation is 1. The molecular formula is C14H20FNO2. The molecule has 1 saturated heterocycles. The molecule has 1 heterocycles. The van der Waals surface area contributed by atoms with E-state index in [1.807, 2.05) is 0 Å². The molecule has 4 heteroatoms. The molecular weight excluding hydrogens is 233 g/mol. The highest BCUT2D eigenvalue weighted by molar-refractivity contribution is 5.28. The van der Waals surface area contributed by atoms with Gasteiger partial charge in [-0.05, 0) is 43.0 Å². The highest BCUT2D eigenvalue weighted by atomic mass is 19.1. The molecule has 1 atom stereocenters. The van der Waals surface area contributed by atoms with Crippen LogP contribution in [-0.4, -0.2) is 32.9 Å². The Balaban J connectivity index is 1.61. The fourth-order valence-electron chi connectivity index (χ4n) is 2.00. The summed E-state index contributed by atoms with van der Waals surface area (Å²) >= 11 is 0. The van der Waals surface area contributed by atoms with E-state index in [1.54, 1.807) is 19.1 Å². The smallest absolute Gasteiger partial charge is 0.126 e. The highest BCUT2D eigenvalue weighted by Gasteiger charge is 2.14. The van der Waals surface area contributed by atoms with Crippen LogP contribution in [0.5, 0.6) is 5.75 Å². The van der Waals surface area contributed by atoms with E-state index in [2.05, 4.69) is 5.32 Å². The van der Waals surface area contributed by atoms with Crippen molar-refractivity contribution >= 4 is 0 Å². The molecule has 1 N–H and O–H groups in total. The Bertz CT molecular complexity index is 378. The Kier molecular flexibility index (Phi) is 4.96. The first-order valence-corrected chi connectivity index (χ1v) is 6.43. The lowest BCUT2D eigenvalue weighted by Gasteiger charge is -2.10. The standard InChI is InChI=1S/C14H20FNO2/c1-11-8-13(2-3-14(11)15)18-7-5-16-9-12-4-6-17-10-12/h2-3,8,12,16H,4-7,9-10H2,1H3. The summed E-state index contributed by atoms with van der Waals surface area (Å²) in [6.45, 7) is 5.86. The second-order valence-electron chi connectivity index (χ2n) is 4.69. The van der Waals surface area contributed by atoms with E-state index in [-0.39, 0.29) is 5.82 Å². The molecule has 2 rings (SSSR count). The largest absolute Gasteiger partial charge is 0.492 e. The van der Waals surface area contributed by atoms with Crippen LogP contribution in [-0.2, 0) is 4.74 Å². The lowest BCUT2D eigenvalue weighted by molar-refractivity contribution is 0.185. The molecule has 1 aliphatic rings. The summed E-state index contributed by atoms with van der Waals surface area (Å²) in [4.78, 5) is 0. The van der Waals surface area contributed by atoms with E-state index in [9.17, 15) is 4.39 Å². The third-order valence-corrected chi connectivity index (χ3v) is 3.13. The third-order valence-electron chi connectivity index (χ3n) is 3.13. The third kappa shape index (κ3) is 3.96. The van der Waals surface area contributed by atoms with E-state index >= 15 is 0 Å². The van der Waals surface area contributed by atoms with Crippen molar-refractivity contribution in [3.05, 3.63) is 29.6 Å². The van der Waals surface area contributed by atoms with Crippen molar-refractivity contribution < 1.29 is 13.9 Å². The van der Waals surface area contributed by atoms with E-state index in [1.165, 1.54) is 6.07 Å². The van der Waals surface area contributed by atoms with Gasteiger partial charge in [0.2, 0.25) is 0 Å². The van der Waals surface area contributed by atoms with Gasteiger partial charge in [0.05, 0.1) is 6.61 Å². The molecule has 0 amide bonds. The fraction of sp³-hybridized carbons (Fsp3) is 0.571. The van der Waals surface area contributed by atoms with Gasteiger partial charge in [-0.3, -0.25) is 0 Å². The molecule has 100 valence electrons. The molecule has 0 spiro atoms. The van der Waals surface area contributed by atoms with Gasteiger partial charge in [0.1, 0.15) is 18.2 Å². The lowest BCUT2D eigenvalue weighted by Crippen LogP contribution is -2.27. The van der Waals surface area contributed by atoms with Crippen LogP contribution in [0.25, 0.3) is 0 Å². The minimum Gasteiger partial charge on any atom is -0.492 e. The van der Waals surface area contributed by atoms with Crippen molar-refractivity contribution in [3.63, 3.8) is 0 Å². The number of ether oxygens (including phenoxy) is 2. The fourth-order valence-corrected chi connectivity index (χ4v) is 2.00. The maximum absolute atomic E-state index is 13.0. The van der Waals surface area contributed by atoms with Gasteiger partial charge in [0.25, 0.3) is 0 Å². The summed E-state index contributed by atoms with van der Waals surface area (Å²) in [6.07, 6.45) is 1.14. The molecule has 1 aromatic rings. The quantitative estimate of drug-likeness (QED) is 0.788. The first kappa shape index (κ1) is 13.3. The summed E-state index contributed by atoms with van der Waals surface area (Å²) in [5.74, 6) is 1.17.